The fourth-order valence-electron chi connectivity index (χ4n) is 5.59. The van der Waals surface area contributed by atoms with Gasteiger partial charge in [-0.25, -0.2) is 9.97 Å². The summed E-state index contributed by atoms with van der Waals surface area (Å²) in [5.74, 6) is 2.68. The van der Waals surface area contributed by atoms with Gasteiger partial charge >= 0.3 is 0 Å². The summed E-state index contributed by atoms with van der Waals surface area (Å²) < 4.78 is 13.4. The second-order valence-corrected chi connectivity index (χ2v) is 10.5. The molecular weight excluding hydrogens is 442 g/mol. The fourth-order valence-corrected chi connectivity index (χ4v) is 5.59. The molecule has 3 aromatic rings. The highest BCUT2D eigenvalue weighted by Gasteiger charge is 2.43. The molecule has 0 bridgehead atoms. The van der Waals surface area contributed by atoms with Crippen LogP contribution in [0.2, 0.25) is 0 Å². The Morgan fingerprint density at radius 1 is 1.00 bits per heavy atom. The average Bonchev–Trinajstić information content (AvgIpc) is 3.12. The monoisotopic (exact) mass is 471 g/mol. The van der Waals surface area contributed by atoms with Crippen molar-refractivity contribution in [2.24, 2.45) is 5.41 Å². The number of benzene rings is 1. The number of aromatic nitrogens is 4. The summed E-state index contributed by atoms with van der Waals surface area (Å²) in [6.45, 7) is 11.2. The Kier molecular flexibility index (Phi) is 4.78. The molecule has 3 aliphatic rings. The van der Waals surface area contributed by atoms with Gasteiger partial charge in [-0.1, -0.05) is 19.9 Å². The molecule has 1 N–H and O–H groups in total. The number of hydrogen-bond donors (Lipinski definition) is 1. The molecule has 8 heteroatoms. The Morgan fingerprint density at radius 2 is 1.71 bits per heavy atom. The van der Waals surface area contributed by atoms with Crippen molar-refractivity contribution in [3.8, 4) is 17.4 Å². The van der Waals surface area contributed by atoms with E-state index < -0.39 is 0 Å². The van der Waals surface area contributed by atoms with Crippen molar-refractivity contribution in [2.75, 3.05) is 18.5 Å². The molecule has 180 valence electrons. The zero-order valence-electron chi connectivity index (χ0n) is 20.7. The van der Waals surface area contributed by atoms with Gasteiger partial charge in [-0.2, -0.15) is 9.78 Å². The van der Waals surface area contributed by atoms with Gasteiger partial charge in [0.15, 0.2) is 17.3 Å². The van der Waals surface area contributed by atoms with Crippen molar-refractivity contribution in [1.29, 1.82) is 0 Å². The van der Waals surface area contributed by atoms with Gasteiger partial charge in [0.2, 0.25) is 0 Å². The molecule has 2 aromatic heterocycles. The van der Waals surface area contributed by atoms with Crippen molar-refractivity contribution in [3.05, 3.63) is 63.7 Å². The highest BCUT2D eigenvalue weighted by molar-refractivity contribution is 6.01. The van der Waals surface area contributed by atoms with Crippen molar-refractivity contribution < 1.29 is 14.3 Å². The number of rotatable bonds is 2. The normalized spacial score (nSPS) is 20.3. The molecule has 35 heavy (non-hydrogen) atoms. The Balaban J connectivity index is 1.58. The summed E-state index contributed by atoms with van der Waals surface area (Å²) in [6, 6.07) is 7.93. The SMILES string of the molecule is Cc1cc(C)nc(-n2nc(C)c3c2NC2=C(C(=O)CC(C)(C)C2)[C@H]3c2ccc3c(c2)OCCO3)n1. The summed E-state index contributed by atoms with van der Waals surface area (Å²) in [6.07, 6.45) is 1.28. The smallest absolute Gasteiger partial charge is 0.252 e. The van der Waals surface area contributed by atoms with Gasteiger partial charge in [0.1, 0.15) is 19.0 Å². The zero-order valence-corrected chi connectivity index (χ0v) is 20.7. The van der Waals surface area contributed by atoms with Crippen molar-refractivity contribution in [2.45, 2.75) is 53.4 Å². The third-order valence-corrected chi connectivity index (χ3v) is 6.93. The third kappa shape index (κ3) is 3.59. The van der Waals surface area contributed by atoms with Gasteiger partial charge in [-0.05, 0) is 56.4 Å². The van der Waals surface area contributed by atoms with Crippen LogP contribution in [0.5, 0.6) is 11.5 Å². The highest BCUT2D eigenvalue weighted by atomic mass is 16.6. The Hall–Kier alpha value is -3.68. The molecule has 1 atom stereocenters. The number of anilines is 1. The molecule has 1 aliphatic carbocycles. The van der Waals surface area contributed by atoms with Crippen LogP contribution in [0.3, 0.4) is 0 Å². The van der Waals surface area contributed by atoms with Crippen LogP contribution in [0.1, 0.15) is 60.8 Å². The minimum atomic E-state index is -0.264. The lowest BCUT2D eigenvalue weighted by molar-refractivity contribution is -0.118. The highest BCUT2D eigenvalue weighted by Crippen LogP contribution is 2.51. The van der Waals surface area contributed by atoms with Crippen LogP contribution < -0.4 is 14.8 Å². The van der Waals surface area contributed by atoms with Gasteiger partial charge in [0.25, 0.3) is 5.95 Å². The molecule has 0 saturated carbocycles. The van der Waals surface area contributed by atoms with Gasteiger partial charge in [0.05, 0.1) is 5.69 Å². The first-order valence-electron chi connectivity index (χ1n) is 12.1. The largest absolute Gasteiger partial charge is 0.486 e. The van der Waals surface area contributed by atoms with E-state index in [1.165, 1.54) is 0 Å². The maximum atomic E-state index is 13.6. The maximum Gasteiger partial charge on any atom is 0.252 e. The number of nitrogens with one attached hydrogen (secondary N) is 1. The third-order valence-electron chi connectivity index (χ3n) is 6.93. The minimum absolute atomic E-state index is 0.131. The van der Waals surface area contributed by atoms with Gasteiger partial charge in [-0.3, -0.25) is 4.79 Å². The van der Waals surface area contributed by atoms with Gasteiger partial charge < -0.3 is 14.8 Å². The molecule has 4 heterocycles. The molecule has 1 aromatic carbocycles. The number of Topliss-reactive ketones (excluding diaryl/α,β-unsaturated/α-hetero) is 1. The van der Waals surface area contributed by atoms with E-state index in [-0.39, 0.29) is 17.1 Å². The van der Waals surface area contributed by atoms with Gasteiger partial charge in [-0.15, -0.1) is 0 Å². The lowest BCUT2D eigenvalue weighted by Crippen LogP contribution is -2.34. The Labute approximate surface area is 204 Å². The molecule has 0 unspecified atom stereocenters. The van der Waals surface area contributed by atoms with E-state index in [1.54, 1.807) is 4.68 Å². The topological polar surface area (TPSA) is 91.2 Å². The van der Waals surface area contributed by atoms with Crippen LogP contribution in [0.4, 0.5) is 5.82 Å². The second-order valence-electron chi connectivity index (χ2n) is 10.5. The number of aryl methyl sites for hydroxylation is 3. The van der Waals surface area contributed by atoms with Crippen molar-refractivity contribution >= 4 is 11.6 Å². The standard InChI is InChI=1S/C27H29N5O3/c1-14-10-15(2)29-26(28-14)32-25-22(16(3)31-32)23(17-6-7-20-21(11-17)35-9-8-34-20)24-18(30-25)12-27(4,5)13-19(24)33/h6-7,10-11,23,30H,8-9,12-13H2,1-5H3/t23-/m0/s1. The Morgan fingerprint density at radius 3 is 2.46 bits per heavy atom. The summed E-state index contributed by atoms with van der Waals surface area (Å²) >= 11 is 0. The lowest BCUT2D eigenvalue weighted by Gasteiger charge is -2.38. The number of fused-ring (bicyclic) bond motifs is 2. The van der Waals surface area contributed by atoms with E-state index in [4.69, 9.17) is 14.6 Å². The number of carbonyl (C=O) groups is 1. The number of ether oxygens (including phenoxy) is 2. The van der Waals surface area contributed by atoms with E-state index in [1.807, 2.05) is 45.0 Å². The van der Waals surface area contributed by atoms with Crippen LogP contribution in [-0.2, 0) is 4.79 Å². The second kappa shape index (κ2) is 7.66. The van der Waals surface area contributed by atoms with Crippen LogP contribution in [0.15, 0.2) is 35.5 Å². The number of hydrogen-bond acceptors (Lipinski definition) is 7. The van der Waals surface area contributed by atoms with Crippen LogP contribution in [0.25, 0.3) is 5.95 Å². The van der Waals surface area contributed by atoms with E-state index >= 15 is 0 Å². The molecule has 0 radical (unpaired) electrons. The molecular formula is C27H29N5O3. The first kappa shape index (κ1) is 21.8. The first-order valence-corrected chi connectivity index (χ1v) is 12.1. The molecule has 0 saturated heterocycles. The van der Waals surface area contributed by atoms with E-state index in [9.17, 15) is 4.79 Å². The number of ketones is 1. The maximum absolute atomic E-state index is 13.6. The molecule has 0 fully saturated rings. The minimum Gasteiger partial charge on any atom is -0.486 e. The molecule has 8 nitrogen and oxygen atoms in total. The van der Waals surface area contributed by atoms with Crippen LogP contribution in [0, 0.1) is 26.2 Å². The number of allylic oxidation sites excluding steroid dienone is 2. The van der Waals surface area contributed by atoms with E-state index in [0.717, 1.165) is 57.5 Å². The summed E-state index contributed by atoms with van der Waals surface area (Å²) in [5, 5.41) is 8.46. The predicted octanol–water partition coefficient (Wildman–Crippen LogP) is 4.56. The number of nitrogens with zero attached hydrogens (tertiary/aromatic N) is 4. The lowest BCUT2D eigenvalue weighted by atomic mass is 9.69. The van der Waals surface area contributed by atoms with Crippen LogP contribution >= 0.6 is 0 Å². The molecule has 6 rings (SSSR count). The predicted molar refractivity (Wildman–Crippen MR) is 131 cm³/mol. The number of carbonyl (C=O) groups excluding carboxylic acids is 1. The molecule has 0 amide bonds. The zero-order chi connectivity index (χ0) is 24.5. The van der Waals surface area contributed by atoms with E-state index in [2.05, 4.69) is 29.1 Å². The Bertz CT molecular complexity index is 1400. The van der Waals surface area contributed by atoms with E-state index in [0.29, 0.717) is 31.3 Å². The quantitative estimate of drug-likeness (QED) is 0.586. The van der Waals surface area contributed by atoms with Crippen molar-refractivity contribution in [3.63, 3.8) is 0 Å². The van der Waals surface area contributed by atoms with Crippen molar-refractivity contribution in [1.82, 2.24) is 19.7 Å². The summed E-state index contributed by atoms with van der Waals surface area (Å²) in [7, 11) is 0. The molecule has 0 spiro atoms. The fraction of sp³-hybridized carbons (Fsp3) is 0.407. The van der Waals surface area contributed by atoms with Gasteiger partial charge in [0, 0.05) is 40.6 Å². The van der Waals surface area contributed by atoms with Crippen LogP contribution in [-0.4, -0.2) is 38.7 Å². The first-order chi connectivity index (χ1) is 16.7. The summed E-state index contributed by atoms with van der Waals surface area (Å²) in [4.78, 5) is 22.9. The summed E-state index contributed by atoms with van der Waals surface area (Å²) in [5.41, 5.74) is 6.18. The average molecular weight is 472 g/mol. The molecule has 2 aliphatic heterocycles.